The molecule has 1 aromatic rings. The lowest BCUT2D eigenvalue weighted by Crippen LogP contribution is -2.31. The number of amides is 2. The Morgan fingerprint density at radius 3 is 2.79 bits per heavy atom. The van der Waals surface area contributed by atoms with Gasteiger partial charge in [-0.3, -0.25) is 0 Å². The van der Waals surface area contributed by atoms with E-state index in [0.717, 1.165) is 26.1 Å². The highest BCUT2D eigenvalue weighted by Crippen LogP contribution is 2.29. The predicted octanol–water partition coefficient (Wildman–Crippen LogP) is 2.01. The third-order valence-electron chi connectivity index (χ3n) is 3.84. The zero-order chi connectivity index (χ0) is 13.8. The number of nitrogens with zero attached hydrogens (tertiary/aromatic N) is 2. The van der Waals surface area contributed by atoms with Gasteiger partial charge in [0.15, 0.2) is 0 Å². The topological polar surface area (TPSA) is 35.6 Å². The van der Waals surface area contributed by atoms with Crippen LogP contribution in [0.5, 0.6) is 0 Å². The lowest BCUT2D eigenvalue weighted by Gasteiger charge is -2.19. The highest BCUT2D eigenvalue weighted by atomic mass is 16.2. The molecule has 2 amide bonds. The van der Waals surface area contributed by atoms with E-state index in [1.807, 2.05) is 36.0 Å². The number of aryl methyl sites for hydroxylation is 1. The van der Waals surface area contributed by atoms with Gasteiger partial charge in [-0.25, -0.2) is 4.79 Å². The van der Waals surface area contributed by atoms with Gasteiger partial charge in [-0.05, 0) is 38.1 Å². The third-order valence-corrected chi connectivity index (χ3v) is 3.84. The number of rotatable bonds is 5. The number of hydrogen-bond donors (Lipinski definition) is 1. The van der Waals surface area contributed by atoms with E-state index in [1.165, 1.54) is 11.1 Å². The summed E-state index contributed by atoms with van der Waals surface area (Å²) in [7, 11) is 3.84. The van der Waals surface area contributed by atoms with E-state index < -0.39 is 0 Å². The summed E-state index contributed by atoms with van der Waals surface area (Å²) in [5, 5.41) is 3.12. The molecule has 0 radical (unpaired) electrons. The van der Waals surface area contributed by atoms with Gasteiger partial charge in [0.1, 0.15) is 0 Å². The monoisotopic (exact) mass is 261 g/mol. The Hall–Kier alpha value is -1.55. The van der Waals surface area contributed by atoms with Crippen molar-refractivity contribution in [3.8, 4) is 0 Å². The van der Waals surface area contributed by atoms with Crippen LogP contribution in [-0.2, 0) is 0 Å². The lowest BCUT2D eigenvalue weighted by atomic mass is 10.0. The van der Waals surface area contributed by atoms with Crippen LogP contribution in [0.15, 0.2) is 24.3 Å². The van der Waals surface area contributed by atoms with E-state index in [4.69, 9.17) is 0 Å². The quantitative estimate of drug-likeness (QED) is 0.823. The molecule has 1 atom stereocenters. The lowest BCUT2D eigenvalue weighted by molar-refractivity contribution is 0.195. The van der Waals surface area contributed by atoms with Gasteiger partial charge in [-0.2, -0.15) is 0 Å². The van der Waals surface area contributed by atoms with E-state index >= 15 is 0 Å². The number of nitrogens with one attached hydrogen (secondary N) is 1. The van der Waals surface area contributed by atoms with Crippen LogP contribution in [0.4, 0.5) is 4.79 Å². The molecule has 4 heteroatoms. The zero-order valence-corrected chi connectivity index (χ0v) is 12.0. The van der Waals surface area contributed by atoms with E-state index in [-0.39, 0.29) is 12.1 Å². The average molecular weight is 261 g/mol. The van der Waals surface area contributed by atoms with Crippen LogP contribution in [0.3, 0.4) is 0 Å². The number of urea groups is 1. The first-order chi connectivity index (χ1) is 9.15. The summed E-state index contributed by atoms with van der Waals surface area (Å²) in [6, 6.07) is 8.65. The minimum Gasteiger partial charge on any atom is -0.322 e. The van der Waals surface area contributed by atoms with Gasteiger partial charge in [-0.15, -0.1) is 0 Å². The summed E-state index contributed by atoms with van der Waals surface area (Å²) in [5.41, 5.74) is 2.51. The maximum atomic E-state index is 12.2. The molecule has 1 aliphatic rings. The van der Waals surface area contributed by atoms with Gasteiger partial charge < -0.3 is 15.1 Å². The van der Waals surface area contributed by atoms with Gasteiger partial charge in [0.25, 0.3) is 0 Å². The molecule has 0 aliphatic carbocycles. The van der Waals surface area contributed by atoms with Crippen molar-refractivity contribution >= 4 is 6.03 Å². The maximum Gasteiger partial charge on any atom is 0.320 e. The summed E-state index contributed by atoms with van der Waals surface area (Å²) in [5.74, 6) is 0. The van der Waals surface area contributed by atoms with Crippen LogP contribution in [0.25, 0.3) is 0 Å². The van der Waals surface area contributed by atoms with Crippen molar-refractivity contribution in [2.24, 2.45) is 0 Å². The van der Waals surface area contributed by atoms with Crippen LogP contribution in [0, 0.1) is 6.92 Å². The molecular weight excluding hydrogens is 238 g/mol. The Labute approximate surface area is 115 Å². The Morgan fingerprint density at radius 2 is 2.11 bits per heavy atom. The normalized spacial score (nSPS) is 19.3. The molecule has 1 fully saturated rings. The molecule has 1 unspecified atom stereocenters. The summed E-state index contributed by atoms with van der Waals surface area (Å²) < 4.78 is 0. The molecule has 1 heterocycles. The van der Waals surface area contributed by atoms with Crippen LogP contribution >= 0.6 is 0 Å². The molecule has 4 nitrogen and oxygen atoms in total. The van der Waals surface area contributed by atoms with Crippen molar-refractivity contribution in [3.05, 3.63) is 35.4 Å². The molecule has 1 aromatic carbocycles. The summed E-state index contributed by atoms with van der Waals surface area (Å²) >= 11 is 0. The van der Waals surface area contributed by atoms with Gasteiger partial charge >= 0.3 is 6.03 Å². The van der Waals surface area contributed by atoms with Gasteiger partial charge in [0, 0.05) is 20.1 Å². The molecule has 1 N–H and O–H groups in total. The Kier molecular flexibility index (Phi) is 4.43. The minimum absolute atomic E-state index is 0.143. The largest absolute Gasteiger partial charge is 0.322 e. The number of carbonyl (C=O) groups is 1. The van der Waals surface area contributed by atoms with E-state index in [1.54, 1.807) is 0 Å². The van der Waals surface area contributed by atoms with Crippen molar-refractivity contribution in [1.82, 2.24) is 15.1 Å². The predicted molar refractivity (Wildman–Crippen MR) is 77.2 cm³/mol. The van der Waals surface area contributed by atoms with Crippen LogP contribution in [-0.4, -0.2) is 49.6 Å². The number of likely N-dealkylation sites (N-methyl/N-ethyl adjacent to an activating group) is 1. The molecule has 2 rings (SSSR count). The van der Waals surface area contributed by atoms with Crippen molar-refractivity contribution in [2.45, 2.75) is 19.4 Å². The van der Waals surface area contributed by atoms with Gasteiger partial charge in [0.05, 0.1) is 6.04 Å². The molecule has 19 heavy (non-hydrogen) atoms. The molecule has 1 saturated heterocycles. The second-order valence-electron chi connectivity index (χ2n) is 5.17. The SMILES string of the molecule is CNCCCN1CC(c2ccccc2C)N(C)C1=O. The molecule has 0 saturated carbocycles. The van der Waals surface area contributed by atoms with Crippen LogP contribution in [0.1, 0.15) is 23.6 Å². The van der Waals surface area contributed by atoms with Crippen molar-refractivity contribution < 1.29 is 4.79 Å². The smallest absolute Gasteiger partial charge is 0.320 e. The van der Waals surface area contributed by atoms with Crippen molar-refractivity contribution in [2.75, 3.05) is 33.7 Å². The molecular formula is C15H23N3O. The number of benzene rings is 1. The standard InChI is InChI=1S/C15H23N3O/c1-12-7-4-5-8-13(12)14-11-18(10-6-9-16-2)15(19)17(14)3/h4-5,7-8,14,16H,6,9-11H2,1-3H3. The highest BCUT2D eigenvalue weighted by Gasteiger charge is 2.35. The van der Waals surface area contributed by atoms with Crippen molar-refractivity contribution in [3.63, 3.8) is 0 Å². The van der Waals surface area contributed by atoms with E-state index in [9.17, 15) is 4.79 Å². The Morgan fingerprint density at radius 1 is 1.37 bits per heavy atom. The minimum atomic E-state index is 0.143. The fourth-order valence-electron chi connectivity index (χ4n) is 2.67. The van der Waals surface area contributed by atoms with Crippen molar-refractivity contribution in [1.29, 1.82) is 0 Å². The van der Waals surface area contributed by atoms with Crippen LogP contribution < -0.4 is 5.32 Å². The Bertz CT molecular complexity index is 447. The molecule has 0 bridgehead atoms. The maximum absolute atomic E-state index is 12.2. The summed E-state index contributed by atoms with van der Waals surface area (Å²) in [6.07, 6.45) is 0.997. The average Bonchev–Trinajstić information content (AvgIpc) is 2.68. The third kappa shape index (κ3) is 2.89. The number of hydrogen-bond acceptors (Lipinski definition) is 2. The first kappa shape index (κ1) is 13.9. The summed E-state index contributed by atoms with van der Waals surface area (Å²) in [4.78, 5) is 16.0. The summed E-state index contributed by atoms with van der Waals surface area (Å²) in [6.45, 7) is 4.68. The Balaban J connectivity index is 2.08. The second-order valence-corrected chi connectivity index (χ2v) is 5.17. The molecule has 0 aromatic heterocycles. The molecule has 1 aliphatic heterocycles. The molecule has 0 spiro atoms. The van der Waals surface area contributed by atoms with E-state index in [0.29, 0.717) is 0 Å². The van der Waals surface area contributed by atoms with E-state index in [2.05, 4.69) is 24.4 Å². The fourth-order valence-corrected chi connectivity index (χ4v) is 2.67. The first-order valence-electron chi connectivity index (χ1n) is 6.87. The van der Waals surface area contributed by atoms with Gasteiger partial charge in [0.2, 0.25) is 0 Å². The highest BCUT2D eigenvalue weighted by molar-refractivity contribution is 5.77. The fraction of sp³-hybridized carbons (Fsp3) is 0.533. The molecule has 104 valence electrons. The van der Waals surface area contributed by atoms with Crippen LogP contribution in [0.2, 0.25) is 0 Å². The number of carbonyl (C=O) groups excluding carboxylic acids is 1. The zero-order valence-electron chi connectivity index (χ0n) is 12.0. The first-order valence-corrected chi connectivity index (χ1v) is 6.87. The van der Waals surface area contributed by atoms with Gasteiger partial charge in [-0.1, -0.05) is 24.3 Å². The second kappa shape index (κ2) is 6.06.